The minimum atomic E-state index is -1.01. The number of nitro groups is 1. The van der Waals surface area contributed by atoms with Crippen LogP contribution >= 0.6 is 0 Å². The number of ether oxygens (including phenoxy) is 1. The first-order valence-electron chi connectivity index (χ1n) is 6.61. The predicted molar refractivity (Wildman–Crippen MR) is 74.0 cm³/mol. The lowest BCUT2D eigenvalue weighted by molar-refractivity contribution is -0.385. The second-order valence-electron chi connectivity index (χ2n) is 5.09. The van der Waals surface area contributed by atoms with Crippen LogP contribution < -0.4 is 9.64 Å². The van der Waals surface area contributed by atoms with Crippen molar-refractivity contribution in [3.8, 4) is 11.8 Å². The van der Waals surface area contributed by atoms with Gasteiger partial charge in [-0.2, -0.15) is 5.26 Å². The largest absolute Gasteiger partial charge is 0.489 e. The molecule has 1 atom stereocenters. The Balaban J connectivity index is 2.02. The molecule has 1 amide bonds. The van der Waals surface area contributed by atoms with Crippen molar-refractivity contribution in [2.45, 2.75) is 6.04 Å². The molecule has 2 heterocycles. The van der Waals surface area contributed by atoms with E-state index < -0.39 is 11.0 Å². The van der Waals surface area contributed by atoms with Crippen molar-refractivity contribution >= 4 is 17.5 Å². The molecule has 0 spiro atoms. The van der Waals surface area contributed by atoms with Gasteiger partial charge in [-0.25, -0.2) is 4.79 Å². The van der Waals surface area contributed by atoms with Crippen LogP contribution in [0, 0.1) is 21.4 Å². The van der Waals surface area contributed by atoms with E-state index in [0.29, 0.717) is 31.1 Å². The van der Waals surface area contributed by atoms with Crippen LogP contribution in [0.1, 0.15) is 5.56 Å². The molecule has 1 aromatic carbocycles. The highest BCUT2D eigenvalue weighted by atomic mass is 16.6. The van der Waals surface area contributed by atoms with Crippen LogP contribution in [0.25, 0.3) is 0 Å². The molecule has 0 aromatic heterocycles. The molecule has 1 saturated heterocycles. The van der Waals surface area contributed by atoms with Crippen molar-refractivity contribution in [1.29, 1.82) is 5.26 Å². The van der Waals surface area contributed by atoms with Crippen LogP contribution in [-0.4, -0.2) is 53.3 Å². The van der Waals surface area contributed by atoms with Crippen molar-refractivity contribution in [3.63, 3.8) is 0 Å². The lowest BCUT2D eigenvalue weighted by Gasteiger charge is -2.38. The Kier molecular flexibility index (Phi) is 3.21. The van der Waals surface area contributed by atoms with E-state index in [4.69, 9.17) is 10.00 Å². The van der Waals surface area contributed by atoms with Gasteiger partial charge in [0.1, 0.15) is 24.0 Å². The number of nitrogens with zero attached hydrogens (tertiary/aromatic N) is 4. The molecule has 114 valence electrons. The highest BCUT2D eigenvalue weighted by Crippen LogP contribution is 2.38. The van der Waals surface area contributed by atoms with Gasteiger partial charge in [0.15, 0.2) is 0 Å². The number of hydrogen-bond donors (Lipinski definition) is 1. The van der Waals surface area contributed by atoms with Crippen LogP contribution in [0.2, 0.25) is 0 Å². The number of benzene rings is 1. The van der Waals surface area contributed by atoms with E-state index in [1.165, 1.54) is 17.0 Å². The van der Waals surface area contributed by atoms with Crippen LogP contribution in [0.15, 0.2) is 12.1 Å². The summed E-state index contributed by atoms with van der Waals surface area (Å²) in [6.45, 7) is 1.32. The van der Waals surface area contributed by atoms with Crippen molar-refractivity contribution < 1.29 is 19.6 Å². The first-order valence-corrected chi connectivity index (χ1v) is 6.61. The summed E-state index contributed by atoms with van der Waals surface area (Å²) >= 11 is 0. The monoisotopic (exact) mass is 304 g/mol. The second kappa shape index (κ2) is 5.07. The van der Waals surface area contributed by atoms with E-state index in [0.717, 1.165) is 0 Å². The summed E-state index contributed by atoms with van der Waals surface area (Å²) in [5.41, 5.74) is 0.246. The van der Waals surface area contributed by atoms with Crippen molar-refractivity contribution in [1.82, 2.24) is 4.90 Å². The number of carboxylic acid groups (broad SMARTS) is 1. The molecule has 0 radical (unpaired) electrons. The molecule has 1 N–H and O–H groups in total. The number of anilines is 1. The maximum atomic E-state index is 11.2. The number of carbonyl (C=O) groups is 1. The van der Waals surface area contributed by atoms with Gasteiger partial charge in [0.05, 0.1) is 22.7 Å². The third kappa shape index (κ3) is 2.14. The molecule has 1 aromatic rings. The maximum Gasteiger partial charge on any atom is 0.407 e. The van der Waals surface area contributed by atoms with Gasteiger partial charge in [-0.1, -0.05) is 0 Å². The molecule has 9 heteroatoms. The van der Waals surface area contributed by atoms with Gasteiger partial charge >= 0.3 is 6.09 Å². The van der Waals surface area contributed by atoms with Crippen LogP contribution in [0.3, 0.4) is 0 Å². The van der Waals surface area contributed by atoms with E-state index >= 15 is 0 Å². The Bertz CT molecular complexity index is 698. The van der Waals surface area contributed by atoms with Crippen LogP contribution in [-0.2, 0) is 0 Å². The number of piperazine rings is 1. The number of rotatable bonds is 1. The molecule has 0 aliphatic carbocycles. The Morgan fingerprint density at radius 3 is 2.91 bits per heavy atom. The van der Waals surface area contributed by atoms with Gasteiger partial charge in [0.2, 0.25) is 0 Å². The van der Waals surface area contributed by atoms with Gasteiger partial charge in [0.25, 0.3) is 5.69 Å². The molecule has 0 saturated carbocycles. The van der Waals surface area contributed by atoms with Crippen molar-refractivity contribution in [2.75, 3.05) is 31.1 Å². The van der Waals surface area contributed by atoms with E-state index in [9.17, 15) is 20.0 Å². The molecule has 2 aliphatic rings. The summed E-state index contributed by atoms with van der Waals surface area (Å²) < 4.78 is 5.57. The summed E-state index contributed by atoms with van der Waals surface area (Å²) in [7, 11) is 0. The number of nitriles is 1. The minimum absolute atomic E-state index is 0.0357. The third-order valence-electron chi connectivity index (χ3n) is 3.89. The Labute approximate surface area is 125 Å². The molecule has 1 fully saturated rings. The summed E-state index contributed by atoms with van der Waals surface area (Å²) in [4.78, 5) is 24.8. The molecular weight excluding hydrogens is 292 g/mol. The third-order valence-corrected chi connectivity index (χ3v) is 3.89. The van der Waals surface area contributed by atoms with E-state index in [-0.39, 0.29) is 23.9 Å². The quantitative estimate of drug-likeness (QED) is 0.607. The topological polar surface area (TPSA) is 120 Å². The summed E-state index contributed by atoms with van der Waals surface area (Å²) in [6, 6.07) is 4.15. The average molecular weight is 304 g/mol. The van der Waals surface area contributed by atoms with Crippen molar-refractivity contribution in [3.05, 3.63) is 27.8 Å². The molecule has 0 unspecified atom stereocenters. The normalized spacial score (nSPS) is 19.5. The lowest BCUT2D eigenvalue weighted by atomic mass is 10.1. The highest BCUT2D eigenvalue weighted by Gasteiger charge is 2.35. The Hall–Kier alpha value is -3.02. The number of nitro benzene ring substituents is 1. The summed E-state index contributed by atoms with van der Waals surface area (Å²) in [5.74, 6) is 0.306. The van der Waals surface area contributed by atoms with Crippen molar-refractivity contribution in [2.24, 2.45) is 0 Å². The molecular formula is C13H12N4O5. The molecule has 9 nitrogen and oxygen atoms in total. The summed E-state index contributed by atoms with van der Waals surface area (Å²) in [5, 5.41) is 29.3. The zero-order valence-corrected chi connectivity index (χ0v) is 11.4. The predicted octanol–water partition coefficient (Wildman–Crippen LogP) is 1.03. The van der Waals surface area contributed by atoms with Gasteiger partial charge in [-0.15, -0.1) is 0 Å². The number of fused-ring (bicyclic) bond motifs is 4. The van der Waals surface area contributed by atoms with Crippen LogP contribution in [0.5, 0.6) is 5.75 Å². The summed E-state index contributed by atoms with van der Waals surface area (Å²) in [6.07, 6.45) is -1.01. The fourth-order valence-corrected chi connectivity index (χ4v) is 2.82. The SMILES string of the molecule is N#Cc1cc2c(cc1[N+](=O)[O-])OC[C@@H]1CN2CCN1C(=O)O. The fourth-order valence-electron chi connectivity index (χ4n) is 2.82. The lowest BCUT2D eigenvalue weighted by Crippen LogP contribution is -2.56. The van der Waals surface area contributed by atoms with Gasteiger partial charge in [0, 0.05) is 19.6 Å². The van der Waals surface area contributed by atoms with E-state index in [2.05, 4.69) is 0 Å². The number of amides is 1. The molecule has 2 bridgehead atoms. The average Bonchev–Trinajstić information content (AvgIpc) is 2.63. The molecule has 22 heavy (non-hydrogen) atoms. The second-order valence-corrected chi connectivity index (χ2v) is 5.09. The standard InChI is InChI=1S/C13H12N4O5/c14-5-8-3-11-12(4-10(8)17(20)21)22-7-9-6-15(11)1-2-16(9)13(18)19/h3-4,9H,1-2,6-7H2,(H,18,19)/t9-/m0/s1. The fraction of sp³-hybridized carbons (Fsp3) is 0.385. The zero-order chi connectivity index (χ0) is 15.9. The first kappa shape index (κ1) is 13.9. The molecule has 3 rings (SSSR count). The Morgan fingerprint density at radius 2 is 2.27 bits per heavy atom. The highest BCUT2D eigenvalue weighted by molar-refractivity contribution is 5.70. The van der Waals surface area contributed by atoms with Gasteiger partial charge in [-0.05, 0) is 6.07 Å². The smallest absolute Gasteiger partial charge is 0.407 e. The maximum absolute atomic E-state index is 11.2. The molecule has 2 aliphatic heterocycles. The number of hydrogen-bond acceptors (Lipinski definition) is 6. The minimum Gasteiger partial charge on any atom is -0.489 e. The Morgan fingerprint density at radius 1 is 1.50 bits per heavy atom. The first-order chi connectivity index (χ1) is 10.5. The van der Waals surface area contributed by atoms with E-state index in [1.54, 1.807) is 0 Å². The van der Waals surface area contributed by atoms with Crippen LogP contribution in [0.4, 0.5) is 16.2 Å². The zero-order valence-electron chi connectivity index (χ0n) is 11.4. The van der Waals surface area contributed by atoms with Gasteiger partial charge < -0.3 is 14.7 Å². The van der Waals surface area contributed by atoms with Gasteiger partial charge in [-0.3, -0.25) is 15.0 Å². The van der Waals surface area contributed by atoms with E-state index in [1.807, 2.05) is 11.0 Å².